The summed E-state index contributed by atoms with van der Waals surface area (Å²) in [6.07, 6.45) is 75.1. The van der Waals surface area contributed by atoms with Crippen LogP contribution in [0, 0.1) is 0 Å². The zero-order chi connectivity index (χ0) is 57.9. The molecular weight excluding hydrogens is 1000 g/mol. The smallest absolute Gasteiger partial charge is 0.456 e. The molecule has 0 aromatic rings. The number of hydrogen-bond donors (Lipinski definition) is 2. The molecule has 0 radical (unpaired) electrons. The average molecular weight is 1130 g/mol. The Bertz CT molecular complexity index is 1540. The minimum absolute atomic E-state index is 0.0405. The molecule has 0 spiro atoms. The predicted octanol–water partition coefficient (Wildman–Crippen LogP) is 21.0. The van der Waals surface area contributed by atoms with Gasteiger partial charge in [-0.05, 0) is 76.7 Å². The Hall–Kier alpha value is -2.29. The fourth-order valence-electron chi connectivity index (χ4n) is 9.75. The first kappa shape index (κ1) is 76.7. The summed E-state index contributed by atoms with van der Waals surface area (Å²) in [6, 6.07) is -0.848. The third-order valence-corrected chi connectivity index (χ3v) is 15.9. The molecule has 0 bridgehead atoms. The zero-order valence-corrected chi connectivity index (χ0v) is 53.8. The maximum Gasteiger partial charge on any atom is 0.472 e. The Labute approximate surface area is 490 Å². The second-order valence-electron chi connectivity index (χ2n) is 24.0. The van der Waals surface area contributed by atoms with E-state index in [1.54, 1.807) is 0 Å². The highest BCUT2D eigenvalue weighted by molar-refractivity contribution is 7.47. The standard InChI is InChI=1S/C69H129N2O7P/c1-7-10-13-16-19-22-25-27-29-30-31-32-33-34-35-36-37-38-39-40-42-44-47-50-53-56-59-62-69(73)78-67(60-57-54-51-48-45-24-21-18-15-12-9-3)66(65-77-79(74,75)76-64-63-71(4,5)6)70-68(72)61-58-55-52-49-46-43-41-28-26-23-20-17-14-11-8-2/h19,22,27,29,31-32,34-35,57,60,66-67H,7-18,20-21,23-26,28,30,33,36-56,58-59,61-65H2,1-6H3,(H-,70,72,74,75)/p+1/b22-19-,29-27-,32-31-,35-34-,60-57-. The molecule has 0 saturated heterocycles. The molecule has 0 rings (SSSR count). The van der Waals surface area contributed by atoms with Gasteiger partial charge in [-0.2, -0.15) is 0 Å². The van der Waals surface area contributed by atoms with Gasteiger partial charge < -0.3 is 19.4 Å². The van der Waals surface area contributed by atoms with E-state index in [0.717, 1.165) is 77.0 Å². The van der Waals surface area contributed by atoms with Crippen LogP contribution in [0.15, 0.2) is 60.8 Å². The predicted molar refractivity (Wildman–Crippen MR) is 342 cm³/mol. The fourth-order valence-corrected chi connectivity index (χ4v) is 10.5. The zero-order valence-electron chi connectivity index (χ0n) is 52.9. The second-order valence-corrected chi connectivity index (χ2v) is 25.5. The highest BCUT2D eigenvalue weighted by Crippen LogP contribution is 2.43. The number of allylic oxidation sites excluding steroid dienone is 9. The number of likely N-dealkylation sites (N-methyl/N-ethyl adjacent to an activating group) is 1. The minimum atomic E-state index is -4.45. The van der Waals surface area contributed by atoms with Crippen molar-refractivity contribution >= 4 is 19.7 Å². The van der Waals surface area contributed by atoms with Crippen LogP contribution >= 0.6 is 7.82 Å². The van der Waals surface area contributed by atoms with Crippen LogP contribution in [0.1, 0.15) is 316 Å². The van der Waals surface area contributed by atoms with E-state index in [1.807, 2.05) is 33.3 Å². The van der Waals surface area contributed by atoms with Gasteiger partial charge in [0.1, 0.15) is 19.3 Å². The minimum Gasteiger partial charge on any atom is -0.456 e. The largest absolute Gasteiger partial charge is 0.472 e. The molecule has 462 valence electrons. The number of carbonyl (C=O) groups is 2. The Morgan fingerprint density at radius 2 is 0.772 bits per heavy atom. The highest BCUT2D eigenvalue weighted by atomic mass is 31.2. The van der Waals surface area contributed by atoms with Gasteiger partial charge in [-0.25, -0.2) is 4.57 Å². The molecule has 0 fully saturated rings. The molecule has 9 nitrogen and oxygen atoms in total. The molecule has 10 heteroatoms. The van der Waals surface area contributed by atoms with Crippen LogP contribution < -0.4 is 5.32 Å². The monoisotopic (exact) mass is 1130 g/mol. The van der Waals surface area contributed by atoms with Gasteiger partial charge in [0.25, 0.3) is 0 Å². The summed E-state index contributed by atoms with van der Waals surface area (Å²) in [5.74, 6) is -0.498. The lowest BCUT2D eigenvalue weighted by Crippen LogP contribution is -2.47. The summed E-state index contributed by atoms with van der Waals surface area (Å²) in [6.45, 7) is 7.01. The van der Waals surface area contributed by atoms with Gasteiger partial charge in [-0.15, -0.1) is 0 Å². The van der Waals surface area contributed by atoms with Crippen LogP contribution in [0.25, 0.3) is 0 Å². The number of hydrogen-bond acceptors (Lipinski definition) is 6. The number of esters is 1. The van der Waals surface area contributed by atoms with Crippen molar-refractivity contribution in [1.82, 2.24) is 5.32 Å². The van der Waals surface area contributed by atoms with E-state index in [0.29, 0.717) is 17.4 Å². The molecule has 3 unspecified atom stereocenters. The van der Waals surface area contributed by atoms with Crippen molar-refractivity contribution in [2.24, 2.45) is 0 Å². The first-order valence-electron chi connectivity index (χ1n) is 33.6. The molecule has 2 N–H and O–H groups in total. The number of amides is 1. The number of ether oxygens (including phenoxy) is 1. The van der Waals surface area contributed by atoms with E-state index < -0.39 is 20.0 Å². The first-order chi connectivity index (χ1) is 38.4. The second kappa shape index (κ2) is 58.9. The van der Waals surface area contributed by atoms with Crippen molar-refractivity contribution in [3.63, 3.8) is 0 Å². The van der Waals surface area contributed by atoms with Crippen molar-refractivity contribution in [3.05, 3.63) is 60.8 Å². The molecule has 0 aliphatic rings. The third kappa shape index (κ3) is 60.1. The maximum atomic E-state index is 13.5. The molecule has 79 heavy (non-hydrogen) atoms. The summed E-state index contributed by atoms with van der Waals surface area (Å²) in [5.41, 5.74) is 0. The van der Waals surface area contributed by atoms with E-state index in [9.17, 15) is 19.0 Å². The summed E-state index contributed by atoms with van der Waals surface area (Å²) < 4.78 is 30.7. The lowest BCUT2D eigenvalue weighted by atomic mass is 10.0. The fraction of sp³-hybridized carbons (Fsp3) is 0.826. The lowest BCUT2D eigenvalue weighted by Gasteiger charge is -2.27. The molecule has 0 heterocycles. The van der Waals surface area contributed by atoms with Crippen molar-refractivity contribution in [2.75, 3.05) is 40.9 Å². The van der Waals surface area contributed by atoms with Gasteiger partial charge in [0.2, 0.25) is 5.91 Å². The topological polar surface area (TPSA) is 111 Å². The van der Waals surface area contributed by atoms with Crippen molar-refractivity contribution in [2.45, 2.75) is 328 Å². The van der Waals surface area contributed by atoms with Gasteiger partial charge in [0.15, 0.2) is 0 Å². The summed E-state index contributed by atoms with van der Waals surface area (Å²) in [7, 11) is 1.50. The lowest BCUT2D eigenvalue weighted by molar-refractivity contribution is -0.870. The molecule has 0 saturated carbocycles. The number of nitrogens with zero attached hydrogens (tertiary/aromatic N) is 1. The molecular formula is C69H130N2O7P+. The average Bonchev–Trinajstić information content (AvgIpc) is 3.41. The maximum absolute atomic E-state index is 13.5. The van der Waals surface area contributed by atoms with Gasteiger partial charge in [0.05, 0.1) is 33.8 Å². The van der Waals surface area contributed by atoms with Crippen LogP contribution in [0.2, 0.25) is 0 Å². The van der Waals surface area contributed by atoms with Crippen LogP contribution in [0.3, 0.4) is 0 Å². The van der Waals surface area contributed by atoms with E-state index in [4.69, 9.17) is 13.8 Å². The van der Waals surface area contributed by atoms with Gasteiger partial charge in [-0.1, -0.05) is 287 Å². The number of unbranched alkanes of at least 4 members (excludes halogenated alkanes) is 37. The molecule has 0 aromatic heterocycles. The SMILES string of the molecule is CCCCC/C=C\C/C=C\C/C=C\C/C=C\CCCCCCCCCCCCCC(=O)OC(/C=C\CCCCCCCCCCC)C(COP(=O)(O)OCC[N+](C)(C)C)NC(=O)CCCCCCCCCCCCCCCCC. The molecule has 3 atom stereocenters. The first-order valence-corrected chi connectivity index (χ1v) is 35.1. The van der Waals surface area contributed by atoms with Crippen molar-refractivity contribution in [1.29, 1.82) is 0 Å². The Morgan fingerprint density at radius 3 is 1.18 bits per heavy atom. The summed E-state index contributed by atoms with van der Waals surface area (Å²) >= 11 is 0. The van der Waals surface area contributed by atoms with E-state index in [2.05, 4.69) is 74.7 Å². The Balaban J connectivity index is 5.02. The summed E-state index contributed by atoms with van der Waals surface area (Å²) in [5, 5.41) is 3.06. The van der Waals surface area contributed by atoms with E-state index in [1.165, 1.54) is 205 Å². The Morgan fingerprint density at radius 1 is 0.443 bits per heavy atom. The van der Waals surface area contributed by atoms with Crippen molar-refractivity contribution in [3.8, 4) is 0 Å². The third-order valence-electron chi connectivity index (χ3n) is 15.0. The number of nitrogens with one attached hydrogen (secondary N) is 1. The Kier molecular flexibility index (Phi) is 57.2. The highest BCUT2D eigenvalue weighted by Gasteiger charge is 2.30. The van der Waals surface area contributed by atoms with Crippen LogP contribution in [-0.2, 0) is 27.9 Å². The number of carbonyl (C=O) groups excluding carboxylic acids is 2. The molecule has 0 aromatic carbocycles. The van der Waals surface area contributed by atoms with Crippen LogP contribution in [0.5, 0.6) is 0 Å². The molecule has 0 aliphatic heterocycles. The van der Waals surface area contributed by atoms with Crippen LogP contribution in [-0.4, -0.2) is 74.3 Å². The summed E-state index contributed by atoms with van der Waals surface area (Å²) in [4.78, 5) is 37.8. The van der Waals surface area contributed by atoms with E-state index >= 15 is 0 Å². The molecule has 0 aliphatic carbocycles. The number of rotatable bonds is 61. The van der Waals surface area contributed by atoms with Crippen molar-refractivity contribution < 1.29 is 37.3 Å². The molecule has 1 amide bonds. The quantitative estimate of drug-likeness (QED) is 0.0205. The van der Waals surface area contributed by atoms with Crippen LogP contribution in [0.4, 0.5) is 0 Å². The number of phosphoric ester groups is 1. The van der Waals surface area contributed by atoms with Gasteiger partial charge in [-0.3, -0.25) is 18.6 Å². The number of quaternary nitrogens is 1. The normalized spacial score (nSPS) is 14.0. The van der Waals surface area contributed by atoms with Gasteiger partial charge >= 0.3 is 13.8 Å². The number of phosphoric acid groups is 1. The van der Waals surface area contributed by atoms with Gasteiger partial charge in [0, 0.05) is 12.8 Å². The van der Waals surface area contributed by atoms with E-state index in [-0.39, 0.29) is 31.5 Å².